The SMILES string of the molecule is Cc1ccsc1N(C)CC(C)CN. The van der Waals surface area contributed by atoms with Crippen molar-refractivity contribution in [1.82, 2.24) is 0 Å². The molecule has 0 fully saturated rings. The van der Waals surface area contributed by atoms with Gasteiger partial charge in [0.25, 0.3) is 0 Å². The largest absolute Gasteiger partial charge is 0.366 e. The Kier molecular flexibility index (Phi) is 3.75. The van der Waals surface area contributed by atoms with Gasteiger partial charge in [-0.1, -0.05) is 6.92 Å². The number of hydrogen-bond donors (Lipinski definition) is 1. The summed E-state index contributed by atoms with van der Waals surface area (Å²) in [5, 5.41) is 3.49. The summed E-state index contributed by atoms with van der Waals surface area (Å²) in [6, 6.07) is 2.16. The summed E-state index contributed by atoms with van der Waals surface area (Å²) in [6.07, 6.45) is 0. The molecule has 0 aliphatic heterocycles. The smallest absolute Gasteiger partial charge is 0.0935 e. The van der Waals surface area contributed by atoms with Gasteiger partial charge in [0.1, 0.15) is 0 Å². The fraction of sp³-hybridized carbons (Fsp3) is 0.600. The summed E-state index contributed by atoms with van der Waals surface area (Å²) in [6.45, 7) is 6.13. The van der Waals surface area contributed by atoms with Crippen LogP contribution in [-0.2, 0) is 0 Å². The number of thiophene rings is 1. The molecule has 0 saturated heterocycles. The van der Waals surface area contributed by atoms with Gasteiger partial charge >= 0.3 is 0 Å². The van der Waals surface area contributed by atoms with E-state index in [1.165, 1.54) is 10.6 Å². The second kappa shape index (κ2) is 4.63. The lowest BCUT2D eigenvalue weighted by Crippen LogP contribution is -2.27. The van der Waals surface area contributed by atoms with Crippen LogP contribution in [0.4, 0.5) is 5.00 Å². The van der Waals surface area contributed by atoms with Crippen LogP contribution in [-0.4, -0.2) is 20.1 Å². The van der Waals surface area contributed by atoms with Crippen LogP contribution in [0.1, 0.15) is 12.5 Å². The molecule has 1 aromatic rings. The number of nitrogens with zero attached hydrogens (tertiary/aromatic N) is 1. The van der Waals surface area contributed by atoms with E-state index in [4.69, 9.17) is 5.73 Å². The lowest BCUT2D eigenvalue weighted by Gasteiger charge is -2.21. The molecule has 3 heteroatoms. The van der Waals surface area contributed by atoms with Gasteiger partial charge in [0, 0.05) is 13.6 Å². The van der Waals surface area contributed by atoms with Gasteiger partial charge in [-0.2, -0.15) is 0 Å². The van der Waals surface area contributed by atoms with Crippen molar-refractivity contribution in [2.45, 2.75) is 13.8 Å². The van der Waals surface area contributed by atoms with Crippen molar-refractivity contribution >= 4 is 16.3 Å². The second-order valence-corrected chi connectivity index (χ2v) is 4.52. The Labute approximate surface area is 84.4 Å². The minimum absolute atomic E-state index is 0.562. The molecule has 2 nitrogen and oxygen atoms in total. The average molecular weight is 198 g/mol. The highest BCUT2D eigenvalue weighted by atomic mass is 32.1. The molecule has 0 aliphatic rings. The summed E-state index contributed by atoms with van der Waals surface area (Å²) in [7, 11) is 2.13. The van der Waals surface area contributed by atoms with Crippen molar-refractivity contribution < 1.29 is 0 Å². The number of anilines is 1. The first-order chi connectivity index (χ1) is 6.15. The first-order valence-electron chi connectivity index (χ1n) is 4.60. The van der Waals surface area contributed by atoms with Crippen LogP contribution < -0.4 is 10.6 Å². The highest BCUT2D eigenvalue weighted by Crippen LogP contribution is 2.25. The fourth-order valence-corrected chi connectivity index (χ4v) is 2.29. The predicted octanol–water partition coefficient (Wildman–Crippen LogP) is 2.09. The molecule has 1 unspecified atom stereocenters. The first kappa shape index (κ1) is 10.5. The van der Waals surface area contributed by atoms with Gasteiger partial charge < -0.3 is 10.6 Å². The topological polar surface area (TPSA) is 29.3 Å². The van der Waals surface area contributed by atoms with Gasteiger partial charge in [-0.05, 0) is 36.4 Å². The lowest BCUT2D eigenvalue weighted by molar-refractivity contribution is 0.591. The summed E-state index contributed by atoms with van der Waals surface area (Å²) in [4.78, 5) is 2.29. The number of rotatable bonds is 4. The molecule has 0 aromatic carbocycles. The zero-order valence-corrected chi connectivity index (χ0v) is 9.40. The van der Waals surface area contributed by atoms with Crippen LogP contribution in [0.2, 0.25) is 0 Å². The molecule has 74 valence electrons. The Hall–Kier alpha value is -0.540. The highest BCUT2D eigenvalue weighted by Gasteiger charge is 2.08. The molecular weight excluding hydrogens is 180 g/mol. The Morgan fingerprint density at radius 3 is 2.77 bits per heavy atom. The van der Waals surface area contributed by atoms with Crippen molar-refractivity contribution in [2.75, 3.05) is 25.0 Å². The van der Waals surface area contributed by atoms with Gasteiger partial charge in [-0.15, -0.1) is 11.3 Å². The van der Waals surface area contributed by atoms with E-state index in [9.17, 15) is 0 Å². The molecule has 0 aliphatic carbocycles. The maximum Gasteiger partial charge on any atom is 0.0935 e. The highest BCUT2D eigenvalue weighted by molar-refractivity contribution is 7.14. The minimum Gasteiger partial charge on any atom is -0.366 e. The van der Waals surface area contributed by atoms with Crippen molar-refractivity contribution in [1.29, 1.82) is 0 Å². The Balaban J connectivity index is 2.58. The number of aryl methyl sites for hydroxylation is 1. The summed E-state index contributed by atoms with van der Waals surface area (Å²) >= 11 is 1.80. The molecule has 0 radical (unpaired) electrons. The molecule has 13 heavy (non-hydrogen) atoms. The number of hydrogen-bond acceptors (Lipinski definition) is 3. The van der Waals surface area contributed by atoms with E-state index in [1.54, 1.807) is 11.3 Å². The van der Waals surface area contributed by atoms with Crippen LogP contribution in [0.25, 0.3) is 0 Å². The molecule has 0 amide bonds. The van der Waals surface area contributed by atoms with Crippen molar-refractivity contribution in [3.63, 3.8) is 0 Å². The maximum absolute atomic E-state index is 5.59. The van der Waals surface area contributed by atoms with Crippen LogP contribution >= 0.6 is 11.3 Å². The van der Waals surface area contributed by atoms with E-state index in [0.717, 1.165) is 13.1 Å². The van der Waals surface area contributed by atoms with E-state index in [-0.39, 0.29) is 0 Å². The van der Waals surface area contributed by atoms with Gasteiger partial charge in [-0.3, -0.25) is 0 Å². The van der Waals surface area contributed by atoms with E-state index < -0.39 is 0 Å². The van der Waals surface area contributed by atoms with Gasteiger partial charge in [0.2, 0.25) is 0 Å². The normalized spacial score (nSPS) is 12.9. The third-order valence-corrected chi connectivity index (χ3v) is 3.30. The second-order valence-electron chi connectivity index (χ2n) is 3.63. The van der Waals surface area contributed by atoms with Crippen LogP contribution in [0.5, 0.6) is 0 Å². The van der Waals surface area contributed by atoms with Crippen LogP contribution in [0, 0.1) is 12.8 Å². The quantitative estimate of drug-likeness (QED) is 0.802. The van der Waals surface area contributed by atoms with Crippen LogP contribution in [0.15, 0.2) is 11.4 Å². The molecular formula is C10H18N2S. The molecule has 2 N–H and O–H groups in total. The third-order valence-electron chi connectivity index (χ3n) is 2.17. The Morgan fingerprint density at radius 2 is 2.31 bits per heavy atom. The molecule has 0 saturated carbocycles. The monoisotopic (exact) mass is 198 g/mol. The average Bonchev–Trinajstić information content (AvgIpc) is 2.51. The third kappa shape index (κ3) is 2.71. The molecule has 1 heterocycles. The maximum atomic E-state index is 5.59. The number of nitrogens with two attached hydrogens (primary N) is 1. The molecule has 0 bridgehead atoms. The standard InChI is InChI=1S/C10H18N2S/c1-8(6-11)7-12(3)10-9(2)4-5-13-10/h4-5,8H,6-7,11H2,1-3H3. The van der Waals surface area contributed by atoms with Gasteiger partial charge in [0.15, 0.2) is 0 Å². The van der Waals surface area contributed by atoms with Crippen molar-refractivity contribution in [3.8, 4) is 0 Å². The van der Waals surface area contributed by atoms with E-state index in [1.807, 2.05) is 0 Å². The zero-order chi connectivity index (χ0) is 9.84. The summed E-state index contributed by atoms with van der Waals surface area (Å²) in [5.74, 6) is 0.562. The zero-order valence-electron chi connectivity index (χ0n) is 8.58. The predicted molar refractivity (Wildman–Crippen MR) is 60.5 cm³/mol. The van der Waals surface area contributed by atoms with Gasteiger partial charge in [-0.25, -0.2) is 0 Å². The molecule has 0 spiro atoms. The van der Waals surface area contributed by atoms with Gasteiger partial charge in [0.05, 0.1) is 5.00 Å². The lowest BCUT2D eigenvalue weighted by atomic mass is 10.2. The fourth-order valence-electron chi connectivity index (χ4n) is 1.38. The molecule has 1 aromatic heterocycles. The minimum atomic E-state index is 0.562. The Morgan fingerprint density at radius 1 is 1.62 bits per heavy atom. The van der Waals surface area contributed by atoms with E-state index >= 15 is 0 Å². The van der Waals surface area contributed by atoms with Crippen molar-refractivity contribution in [2.24, 2.45) is 11.7 Å². The summed E-state index contributed by atoms with van der Waals surface area (Å²) in [5.41, 5.74) is 6.95. The Bertz CT molecular complexity index is 257. The molecule has 1 rings (SSSR count). The molecule has 1 atom stereocenters. The summed E-state index contributed by atoms with van der Waals surface area (Å²) < 4.78 is 0. The van der Waals surface area contributed by atoms with E-state index in [2.05, 4.69) is 37.2 Å². The van der Waals surface area contributed by atoms with E-state index in [0.29, 0.717) is 5.92 Å². The first-order valence-corrected chi connectivity index (χ1v) is 5.48. The van der Waals surface area contributed by atoms with Crippen LogP contribution in [0.3, 0.4) is 0 Å². The van der Waals surface area contributed by atoms with Crippen molar-refractivity contribution in [3.05, 3.63) is 17.0 Å².